The SMILES string of the molecule is Cc1ccc(CC(C)N[C@@H]2CCC(N)C2)cc1. The van der Waals surface area contributed by atoms with Gasteiger partial charge in [-0.05, 0) is 45.1 Å². The average molecular weight is 232 g/mol. The van der Waals surface area contributed by atoms with E-state index in [4.69, 9.17) is 5.73 Å². The fraction of sp³-hybridized carbons (Fsp3) is 0.600. The van der Waals surface area contributed by atoms with Crippen LogP contribution in [0.25, 0.3) is 0 Å². The molecular formula is C15H24N2. The van der Waals surface area contributed by atoms with Crippen LogP contribution >= 0.6 is 0 Å². The number of nitrogens with one attached hydrogen (secondary N) is 1. The molecule has 0 heterocycles. The summed E-state index contributed by atoms with van der Waals surface area (Å²) in [5.41, 5.74) is 8.67. The highest BCUT2D eigenvalue weighted by atomic mass is 15.0. The van der Waals surface area contributed by atoms with Gasteiger partial charge in [0.15, 0.2) is 0 Å². The Bertz CT molecular complexity index is 344. The van der Waals surface area contributed by atoms with Gasteiger partial charge in [-0.15, -0.1) is 0 Å². The standard InChI is InChI=1S/C15H24N2/c1-11-3-5-13(6-4-11)9-12(2)17-15-8-7-14(16)10-15/h3-6,12,14-15,17H,7-10,16H2,1-2H3/t12?,14?,15-/m1/s1. The number of benzene rings is 1. The molecule has 2 nitrogen and oxygen atoms in total. The van der Waals surface area contributed by atoms with Crippen molar-refractivity contribution >= 4 is 0 Å². The van der Waals surface area contributed by atoms with Gasteiger partial charge < -0.3 is 11.1 Å². The molecule has 1 aliphatic carbocycles. The Morgan fingerprint density at radius 2 is 2.00 bits per heavy atom. The van der Waals surface area contributed by atoms with E-state index in [2.05, 4.69) is 43.4 Å². The second kappa shape index (κ2) is 5.65. The Kier molecular flexibility index (Phi) is 4.19. The first-order chi connectivity index (χ1) is 8.13. The van der Waals surface area contributed by atoms with Crippen molar-refractivity contribution in [1.82, 2.24) is 5.32 Å². The van der Waals surface area contributed by atoms with E-state index in [1.807, 2.05) is 0 Å². The van der Waals surface area contributed by atoms with Gasteiger partial charge in [-0.1, -0.05) is 29.8 Å². The molecule has 1 aromatic rings. The highest BCUT2D eigenvalue weighted by Crippen LogP contribution is 2.18. The molecule has 0 aliphatic heterocycles. The summed E-state index contributed by atoms with van der Waals surface area (Å²) in [4.78, 5) is 0. The summed E-state index contributed by atoms with van der Waals surface area (Å²) < 4.78 is 0. The van der Waals surface area contributed by atoms with Crippen LogP contribution in [0.3, 0.4) is 0 Å². The van der Waals surface area contributed by atoms with Crippen LogP contribution in [0.4, 0.5) is 0 Å². The van der Waals surface area contributed by atoms with Crippen LogP contribution < -0.4 is 11.1 Å². The fourth-order valence-electron chi connectivity index (χ4n) is 2.71. The molecule has 0 bridgehead atoms. The molecule has 1 aromatic carbocycles. The zero-order valence-electron chi connectivity index (χ0n) is 10.9. The number of nitrogens with two attached hydrogens (primary N) is 1. The Hall–Kier alpha value is -0.860. The third kappa shape index (κ3) is 3.83. The van der Waals surface area contributed by atoms with E-state index >= 15 is 0 Å². The molecule has 2 heteroatoms. The molecule has 3 N–H and O–H groups in total. The molecule has 2 unspecified atom stereocenters. The molecule has 1 saturated carbocycles. The zero-order valence-corrected chi connectivity index (χ0v) is 10.9. The van der Waals surface area contributed by atoms with Crippen LogP contribution in [0.5, 0.6) is 0 Å². The van der Waals surface area contributed by atoms with E-state index in [1.54, 1.807) is 0 Å². The van der Waals surface area contributed by atoms with E-state index in [0.29, 0.717) is 18.1 Å². The molecule has 0 amide bonds. The second-order valence-corrected chi connectivity index (χ2v) is 5.53. The van der Waals surface area contributed by atoms with Gasteiger partial charge in [-0.2, -0.15) is 0 Å². The summed E-state index contributed by atoms with van der Waals surface area (Å²) in [6.07, 6.45) is 4.65. The lowest BCUT2D eigenvalue weighted by atomic mass is 10.0. The summed E-state index contributed by atoms with van der Waals surface area (Å²) >= 11 is 0. The van der Waals surface area contributed by atoms with Crippen molar-refractivity contribution in [2.24, 2.45) is 5.73 Å². The first-order valence-corrected chi connectivity index (χ1v) is 6.70. The molecule has 94 valence electrons. The third-order valence-corrected chi connectivity index (χ3v) is 3.66. The van der Waals surface area contributed by atoms with Crippen molar-refractivity contribution in [3.05, 3.63) is 35.4 Å². The van der Waals surface area contributed by atoms with Gasteiger partial charge in [0.1, 0.15) is 0 Å². The van der Waals surface area contributed by atoms with Gasteiger partial charge in [0.25, 0.3) is 0 Å². The second-order valence-electron chi connectivity index (χ2n) is 5.53. The summed E-state index contributed by atoms with van der Waals surface area (Å²) in [5.74, 6) is 0. The van der Waals surface area contributed by atoms with Crippen LogP contribution in [0.1, 0.15) is 37.3 Å². The first kappa shape index (κ1) is 12.6. The third-order valence-electron chi connectivity index (χ3n) is 3.66. The summed E-state index contributed by atoms with van der Waals surface area (Å²) in [6.45, 7) is 4.40. The lowest BCUT2D eigenvalue weighted by molar-refractivity contribution is 0.444. The Morgan fingerprint density at radius 3 is 2.59 bits per heavy atom. The number of aryl methyl sites for hydroxylation is 1. The maximum Gasteiger partial charge on any atom is 0.00849 e. The number of rotatable bonds is 4. The van der Waals surface area contributed by atoms with Crippen molar-refractivity contribution in [1.29, 1.82) is 0 Å². The molecule has 17 heavy (non-hydrogen) atoms. The van der Waals surface area contributed by atoms with Gasteiger partial charge >= 0.3 is 0 Å². The molecule has 0 radical (unpaired) electrons. The Labute approximate surface area is 105 Å². The number of hydrogen-bond donors (Lipinski definition) is 2. The molecule has 0 aromatic heterocycles. The van der Waals surface area contributed by atoms with Gasteiger partial charge in [0.2, 0.25) is 0 Å². The van der Waals surface area contributed by atoms with E-state index in [1.165, 1.54) is 24.0 Å². The minimum atomic E-state index is 0.416. The van der Waals surface area contributed by atoms with Gasteiger partial charge in [0.05, 0.1) is 0 Å². The minimum absolute atomic E-state index is 0.416. The van der Waals surface area contributed by atoms with E-state index < -0.39 is 0 Å². The summed E-state index contributed by atoms with van der Waals surface area (Å²) in [7, 11) is 0. The smallest absolute Gasteiger partial charge is 0.00849 e. The minimum Gasteiger partial charge on any atom is -0.328 e. The lowest BCUT2D eigenvalue weighted by Crippen LogP contribution is -2.37. The maximum atomic E-state index is 5.93. The van der Waals surface area contributed by atoms with Crippen molar-refractivity contribution in [3.8, 4) is 0 Å². The van der Waals surface area contributed by atoms with Crippen LogP contribution in [-0.2, 0) is 6.42 Å². The van der Waals surface area contributed by atoms with E-state index in [-0.39, 0.29) is 0 Å². The van der Waals surface area contributed by atoms with Crippen molar-refractivity contribution in [2.75, 3.05) is 0 Å². The lowest BCUT2D eigenvalue weighted by Gasteiger charge is -2.19. The quantitative estimate of drug-likeness (QED) is 0.836. The molecule has 3 atom stereocenters. The van der Waals surface area contributed by atoms with Crippen molar-refractivity contribution in [2.45, 2.75) is 57.7 Å². The molecule has 1 fully saturated rings. The topological polar surface area (TPSA) is 38.0 Å². The predicted octanol–water partition coefficient (Wildman–Crippen LogP) is 2.40. The molecular weight excluding hydrogens is 208 g/mol. The van der Waals surface area contributed by atoms with Crippen LogP contribution in [0.15, 0.2) is 24.3 Å². The summed E-state index contributed by atoms with van der Waals surface area (Å²) in [5, 5.41) is 3.69. The van der Waals surface area contributed by atoms with Gasteiger partial charge in [-0.3, -0.25) is 0 Å². The van der Waals surface area contributed by atoms with Crippen molar-refractivity contribution in [3.63, 3.8) is 0 Å². The molecule has 2 rings (SSSR count). The normalized spacial score (nSPS) is 26.1. The molecule has 0 spiro atoms. The average Bonchev–Trinajstić information content (AvgIpc) is 2.67. The van der Waals surface area contributed by atoms with E-state index in [9.17, 15) is 0 Å². The molecule has 1 aliphatic rings. The van der Waals surface area contributed by atoms with Gasteiger partial charge in [-0.25, -0.2) is 0 Å². The highest BCUT2D eigenvalue weighted by molar-refractivity contribution is 5.22. The van der Waals surface area contributed by atoms with Crippen LogP contribution in [0, 0.1) is 6.92 Å². The van der Waals surface area contributed by atoms with Crippen molar-refractivity contribution < 1.29 is 0 Å². The molecule has 0 saturated heterocycles. The predicted molar refractivity (Wildman–Crippen MR) is 73.1 cm³/mol. The number of hydrogen-bond acceptors (Lipinski definition) is 2. The Morgan fingerprint density at radius 1 is 1.29 bits per heavy atom. The van der Waals surface area contributed by atoms with E-state index in [0.717, 1.165) is 12.8 Å². The Balaban J connectivity index is 1.80. The fourth-order valence-corrected chi connectivity index (χ4v) is 2.71. The first-order valence-electron chi connectivity index (χ1n) is 6.70. The maximum absolute atomic E-state index is 5.93. The largest absolute Gasteiger partial charge is 0.328 e. The van der Waals surface area contributed by atoms with Gasteiger partial charge in [0, 0.05) is 18.1 Å². The van der Waals surface area contributed by atoms with Crippen LogP contribution in [0.2, 0.25) is 0 Å². The monoisotopic (exact) mass is 232 g/mol. The van der Waals surface area contributed by atoms with Crippen LogP contribution in [-0.4, -0.2) is 18.1 Å². The summed E-state index contributed by atoms with van der Waals surface area (Å²) in [6, 6.07) is 10.4. The zero-order chi connectivity index (χ0) is 12.3. The highest BCUT2D eigenvalue weighted by Gasteiger charge is 2.22.